The molecule has 0 saturated carbocycles. The van der Waals surface area contributed by atoms with Crippen LogP contribution in [-0.4, -0.2) is 41.9 Å². The molecule has 3 aromatic rings. The Morgan fingerprint density at radius 3 is 2.41 bits per heavy atom. The molecule has 0 spiro atoms. The summed E-state index contributed by atoms with van der Waals surface area (Å²) < 4.78 is 37.5. The Hall–Kier alpha value is -3.19. The van der Waals surface area contributed by atoms with Crippen LogP contribution in [0.2, 0.25) is 0 Å². The maximum Gasteiger partial charge on any atom is 0.253 e. The SMILES string of the molecule is O=C(c1ccc(Oc2ccc(F)cc2F)cc1)N1CCN(Cc2ccco2)CC1. The van der Waals surface area contributed by atoms with Gasteiger partial charge < -0.3 is 14.1 Å². The molecule has 0 aliphatic carbocycles. The maximum absolute atomic E-state index is 13.7. The van der Waals surface area contributed by atoms with Gasteiger partial charge >= 0.3 is 0 Å². The fraction of sp³-hybridized carbons (Fsp3) is 0.227. The third-order valence-electron chi connectivity index (χ3n) is 4.84. The first-order valence-electron chi connectivity index (χ1n) is 9.35. The van der Waals surface area contributed by atoms with Gasteiger partial charge in [0, 0.05) is 37.8 Å². The van der Waals surface area contributed by atoms with Crippen molar-refractivity contribution in [2.24, 2.45) is 0 Å². The fourth-order valence-corrected chi connectivity index (χ4v) is 3.27. The molecule has 0 unspecified atom stereocenters. The molecule has 29 heavy (non-hydrogen) atoms. The van der Waals surface area contributed by atoms with E-state index in [1.807, 2.05) is 17.0 Å². The van der Waals surface area contributed by atoms with Crippen molar-refractivity contribution in [3.8, 4) is 11.5 Å². The van der Waals surface area contributed by atoms with Crippen molar-refractivity contribution in [3.05, 3.63) is 83.8 Å². The number of piperazine rings is 1. The van der Waals surface area contributed by atoms with Crippen LogP contribution in [0.3, 0.4) is 0 Å². The summed E-state index contributed by atoms with van der Waals surface area (Å²) >= 11 is 0. The highest BCUT2D eigenvalue weighted by Gasteiger charge is 2.22. The monoisotopic (exact) mass is 398 g/mol. The Labute approximate surface area is 167 Å². The second-order valence-corrected chi connectivity index (χ2v) is 6.85. The lowest BCUT2D eigenvalue weighted by atomic mass is 10.1. The van der Waals surface area contributed by atoms with E-state index < -0.39 is 11.6 Å². The molecule has 0 atom stereocenters. The zero-order valence-electron chi connectivity index (χ0n) is 15.7. The number of nitrogens with zero attached hydrogens (tertiary/aromatic N) is 2. The van der Waals surface area contributed by atoms with Gasteiger partial charge in [-0.1, -0.05) is 0 Å². The van der Waals surface area contributed by atoms with Crippen LogP contribution in [0.1, 0.15) is 16.1 Å². The Morgan fingerprint density at radius 1 is 1.00 bits per heavy atom. The normalized spacial score (nSPS) is 14.8. The molecule has 1 fully saturated rings. The van der Waals surface area contributed by atoms with Gasteiger partial charge in [0.2, 0.25) is 0 Å². The number of hydrogen-bond donors (Lipinski definition) is 0. The minimum absolute atomic E-state index is 0.0536. The average Bonchev–Trinajstić information content (AvgIpc) is 3.24. The first-order chi connectivity index (χ1) is 14.1. The van der Waals surface area contributed by atoms with Crippen molar-refractivity contribution >= 4 is 5.91 Å². The lowest BCUT2D eigenvalue weighted by Crippen LogP contribution is -2.48. The lowest BCUT2D eigenvalue weighted by molar-refractivity contribution is 0.0620. The summed E-state index contributed by atoms with van der Waals surface area (Å²) in [6.45, 7) is 3.56. The zero-order valence-corrected chi connectivity index (χ0v) is 15.7. The van der Waals surface area contributed by atoms with E-state index in [0.29, 0.717) is 24.4 Å². The number of carbonyl (C=O) groups excluding carboxylic acids is 1. The number of halogens is 2. The number of benzene rings is 2. The van der Waals surface area contributed by atoms with Crippen LogP contribution in [-0.2, 0) is 6.54 Å². The molecule has 1 aromatic heterocycles. The van der Waals surface area contributed by atoms with Gasteiger partial charge in [-0.15, -0.1) is 0 Å². The summed E-state index contributed by atoms with van der Waals surface area (Å²) in [7, 11) is 0. The van der Waals surface area contributed by atoms with E-state index in [1.54, 1.807) is 30.5 Å². The van der Waals surface area contributed by atoms with Gasteiger partial charge in [0.1, 0.15) is 17.3 Å². The van der Waals surface area contributed by atoms with Gasteiger partial charge in [-0.2, -0.15) is 0 Å². The molecule has 1 saturated heterocycles. The molecule has 1 aliphatic rings. The quantitative estimate of drug-likeness (QED) is 0.643. The molecule has 2 heterocycles. The summed E-state index contributed by atoms with van der Waals surface area (Å²) in [4.78, 5) is 16.8. The van der Waals surface area contributed by atoms with Gasteiger partial charge in [-0.3, -0.25) is 9.69 Å². The van der Waals surface area contributed by atoms with E-state index in [-0.39, 0.29) is 11.7 Å². The maximum atomic E-state index is 13.7. The van der Waals surface area contributed by atoms with Crippen molar-refractivity contribution in [2.45, 2.75) is 6.54 Å². The van der Waals surface area contributed by atoms with Crippen molar-refractivity contribution in [2.75, 3.05) is 26.2 Å². The second kappa shape index (κ2) is 8.45. The summed E-state index contributed by atoms with van der Waals surface area (Å²) in [6, 6.07) is 13.4. The van der Waals surface area contributed by atoms with E-state index in [9.17, 15) is 13.6 Å². The molecule has 4 rings (SSSR count). The van der Waals surface area contributed by atoms with E-state index >= 15 is 0 Å². The van der Waals surface area contributed by atoms with Crippen molar-refractivity contribution < 1.29 is 22.7 Å². The van der Waals surface area contributed by atoms with Gasteiger partial charge in [0.15, 0.2) is 11.6 Å². The topological polar surface area (TPSA) is 45.9 Å². The molecule has 0 N–H and O–H groups in total. The Bertz CT molecular complexity index is 966. The van der Waals surface area contributed by atoms with Gasteiger partial charge in [0.25, 0.3) is 5.91 Å². The van der Waals surface area contributed by atoms with Crippen molar-refractivity contribution in [1.82, 2.24) is 9.80 Å². The average molecular weight is 398 g/mol. The Kier molecular flexibility index (Phi) is 5.57. The summed E-state index contributed by atoms with van der Waals surface area (Å²) in [5, 5.41) is 0. The van der Waals surface area contributed by atoms with Crippen molar-refractivity contribution in [1.29, 1.82) is 0 Å². The van der Waals surface area contributed by atoms with Crippen LogP contribution in [0.25, 0.3) is 0 Å². The van der Waals surface area contributed by atoms with Gasteiger partial charge in [0.05, 0.1) is 12.8 Å². The number of furan rings is 1. The van der Waals surface area contributed by atoms with Crippen LogP contribution in [0.15, 0.2) is 65.3 Å². The van der Waals surface area contributed by atoms with Crippen LogP contribution < -0.4 is 4.74 Å². The molecular formula is C22H20F2N2O3. The Balaban J connectivity index is 1.33. The fourth-order valence-electron chi connectivity index (χ4n) is 3.27. The van der Waals surface area contributed by atoms with Gasteiger partial charge in [-0.25, -0.2) is 8.78 Å². The Morgan fingerprint density at radius 2 is 1.76 bits per heavy atom. The molecular weight excluding hydrogens is 378 g/mol. The van der Waals surface area contributed by atoms with Gasteiger partial charge in [-0.05, 0) is 48.5 Å². The van der Waals surface area contributed by atoms with E-state index in [2.05, 4.69) is 4.90 Å². The number of carbonyl (C=O) groups is 1. The highest BCUT2D eigenvalue weighted by atomic mass is 19.1. The molecule has 150 valence electrons. The first-order valence-corrected chi connectivity index (χ1v) is 9.35. The number of hydrogen-bond acceptors (Lipinski definition) is 4. The van der Waals surface area contributed by atoms with Crippen LogP contribution in [0.4, 0.5) is 8.78 Å². The molecule has 7 heteroatoms. The largest absolute Gasteiger partial charge is 0.468 e. The number of ether oxygens (including phenoxy) is 1. The number of amides is 1. The van der Waals surface area contributed by atoms with Crippen LogP contribution in [0, 0.1) is 11.6 Å². The van der Waals surface area contributed by atoms with E-state index in [1.165, 1.54) is 6.07 Å². The second-order valence-electron chi connectivity index (χ2n) is 6.85. The molecule has 2 aromatic carbocycles. The molecule has 0 bridgehead atoms. The zero-order chi connectivity index (χ0) is 20.2. The summed E-state index contributed by atoms with van der Waals surface area (Å²) in [6.07, 6.45) is 1.66. The van der Waals surface area contributed by atoms with Crippen LogP contribution in [0.5, 0.6) is 11.5 Å². The smallest absolute Gasteiger partial charge is 0.253 e. The predicted molar refractivity (Wildman–Crippen MR) is 103 cm³/mol. The third-order valence-corrected chi connectivity index (χ3v) is 4.84. The van der Waals surface area contributed by atoms with E-state index in [4.69, 9.17) is 9.15 Å². The lowest BCUT2D eigenvalue weighted by Gasteiger charge is -2.34. The van der Waals surface area contributed by atoms with E-state index in [0.717, 1.165) is 37.5 Å². The minimum Gasteiger partial charge on any atom is -0.468 e. The molecule has 1 aliphatic heterocycles. The standard InChI is InChI=1S/C22H20F2N2O3/c23-17-5-8-21(20(24)14-17)29-18-6-3-16(4-7-18)22(27)26-11-9-25(10-12-26)15-19-2-1-13-28-19/h1-8,13-14H,9-12,15H2. The molecule has 1 amide bonds. The highest BCUT2D eigenvalue weighted by Crippen LogP contribution is 2.25. The van der Waals surface area contributed by atoms with Crippen LogP contribution >= 0.6 is 0 Å². The summed E-state index contributed by atoms with van der Waals surface area (Å²) in [5.41, 5.74) is 0.538. The minimum atomic E-state index is -0.780. The highest BCUT2D eigenvalue weighted by molar-refractivity contribution is 5.94. The third kappa shape index (κ3) is 4.63. The molecule has 5 nitrogen and oxygen atoms in total. The molecule has 0 radical (unpaired) electrons. The predicted octanol–water partition coefficient (Wildman–Crippen LogP) is 4.31. The van der Waals surface area contributed by atoms with Crippen molar-refractivity contribution in [3.63, 3.8) is 0 Å². The summed E-state index contributed by atoms with van der Waals surface area (Å²) in [5.74, 6) is -0.286. The first kappa shape index (κ1) is 19.1. The number of rotatable bonds is 5.